The van der Waals surface area contributed by atoms with Crippen molar-refractivity contribution in [1.82, 2.24) is 5.32 Å². The van der Waals surface area contributed by atoms with E-state index in [0.717, 1.165) is 57.8 Å². The van der Waals surface area contributed by atoms with Crippen LogP contribution in [0.4, 0.5) is 0 Å². The van der Waals surface area contributed by atoms with Crippen LogP contribution in [0.15, 0.2) is 24.3 Å². The molecule has 0 heterocycles. The summed E-state index contributed by atoms with van der Waals surface area (Å²) in [6, 6.07) is -0.711. The molecule has 0 rings (SSSR count). The molecule has 0 fully saturated rings. The Labute approximate surface area is 392 Å². The summed E-state index contributed by atoms with van der Waals surface area (Å²) in [5.74, 6) is -0.503. The number of aliphatic hydroxyl groups excluding tert-OH is 2. The van der Waals surface area contributed by atoms with Gasteiger partial charge in [0.2, 0.25) is 5.91 Å². The largest absolute Gasteiger partial charge is 0.462 e. The van der Waals surface area contributed by atoms with Gasteiger partial charge in [0, 0.05) is 6.42 Å². The van der Waals surface area contributed by atoms with Crippen molar-refractivity contribution in [2.24, 2.45) is 0 Å². The maximum Gasteiger partial charge on any atom is 0.306 e. The molecule has 0 spiro atoms. The number of hydrogen-bond donors (Lipinski definition) is 3. The molecule has 3 atom stereocenters. The van der Waals surface area contributed by atoms with Crippen molar-refractivity contribution >= 4 is 11.9 Å². The lowest BCUT2D eigenvalue weighted by Crippen LogP contribution is -2.46. The molecule has 0 radical (unpaired) electrons. The molecule has 0 aliphatic carbocycles. The average molecular weight is 889 g/mol. The number of amides is 1. The summed E-state index contributed by atoms with van der Waals surface area (Å²) in [6.07, 6.45) is 59.6. The van der Waals surface area contributed by atoms with Crippen molar-refractivity contribution in [3.63, 3.8) is 0 Å². The van der Waals surface area contributed by atoms with Gasteiger partial charge in [-0.25, -0.2) is 0 Å². The van der Waals surface area contributed by atoms with Crippen LogP contribution in [0.5, 0.6) is 0 Å². The number of carbonyl (C=O) groups is 2. The van der Waals surface area contributed by atoms with Gasteiger partial charge in [0.15, 0.2) is 0 Å². The minimum atomic E-state index is -0.795. The maximum absolute atomic E-state index is 13.2. The molecule has 372 valence electrons. The van der Waals surface area contributed by atoms with E-state index in [0.29, 0.717) is 19.3 Å². The Hall–Kier alpha value is -1.66. The third kappa shape index (κ3) is 46.7. The summed E-state index contributed by atoms with van der Waals surface area (Å²) in [6.45, 7) is 6.49. The molecular formula is C57H109NO5. The molecule has 6 nitrogen and oxygen atoms in total. The van der Waals surface area contributed by atoms with E-state index in [-0.39, 0.29) is 24.9 Å². The number of esters is 1. The fraction of sp³-hybridized carbons (Fsp3) is 0.895. The zero-order chi connectivity index (χ0) is 45.9. The van der Waals surface area contributed by atoms with Gasteiger partial charge in [0.05, 0.1) is 25.2 Å². The summed E-state index contributed by atoms with van der Waals surface area (Å²) in [7, 11) is 0. The number of ether oxygens (including phenoxy) is 1. The van der Waals surface area contributed by atoms with E-state index in [9.17, 15) is 19.8 Å². The third-order valence-corrected chi connectivity index (χ3v) is 13.1. The lowest BCUT2D eigenvalue weighted by atomic mass is 10.0. The van der Waals surface area contributed by atoms with Crippen LogP contribution < -0.4 is 5.32 Å². The van der Waals surface area contributed by atoms with Crippen LogP contribution in [0, 0.1) is 0 Å². The first kappa shape index (κ1) is 61.3. The Morgan fingerprint density at radius 1 is 0.460 bits per heavy atom. The van der Waals surface area contributed by atoms with Gasteiger partial charge in [0.1, 0.15) is 6.10 Å². The highest BCUT2D eigenvalue weighted by Crippen LogP contribution is 2.18. The quantitative estimate of drug-likeness (QED) is 0.0321. The molecule has 0 saturated heterocycles. The molecule has 0 aromatic rings. The second kappa shape index (κ2) is 51.3. The van der Waals surface area contributed by atoms with E-state index in [1.54, 1.807) is 0 Å². The second-order valence-electron chi connectivity index (χ2n) is 19.4. The highest BCUT2D eigenvalue weighted by atomic mass is 16.5. The Balaban J connectivity index is 4.55. The predicted molar refractivity (Wildman–Crippen MR) is 273 cm³/mol. The van der Waals surface area contributed by atoms with Gasteiger partial charge < -0.3 is 20.3 Å². The van der Waals surface area contributed by atoms with Crippen molar-refractivity contribution in [2.45, 2.75) is 322 Å². The summed E-state index contributed by atoms with van der Waals surface area (Å²) in [5, 5.41) is 23.8. The van der Waals surface area contributed by atoms with E-state index < -0.39 is 18.2 Å². The molecule has 3 N–H and O–H groups in total. The topological polar surface area (TPSA) is 95.9 Å². The standard InChI is InChI=1S/C57H109NO5/c1-4-7-10-13-16-19-22-25-27-28-29-30-32-35-38-41-44-47-50-57(62)63-53(48-45-42-39-36-33-31-26-23-20-17-14-11-8-5-2)51-56(61)58-54(52-59)55(60)49-46-43-40-37-34-24-21-18-15-12-9-6-3/h31,33,36,39,53-55,59-60H,4-30,32,34-35,37-38,40-52H2,1-3H3,(H,58,61)/b33-31+,39-36+. The molecule has 0 aliphatic heterocycles. The van der Waals surface area contributed by atoms with Gasteiger partial charge in [-0.1, -0.05) is 270 Å². The molecule has 3 unspecified atom stereocenters. The highest BCUT2D eigenvalue weighted by molar-refractivity contribution is 5.77. The fourth-order valence-electron chi connectivity index (χ4n) is 8.78. The highest BCUT2D eigenvalue weighted by Gasteiger charge is 2.24. The smallest absolute Gasteiger partial charge is 0.306 e. The van der Waals surface area contributed by atoms with Crippen molar-refractivity contribution in [1.29, 1.82) is 0 Å². The molecule has 0 bridgehead atoms. The molecular weight excluding hydrogens is 779 g/mol. The molecule has 0 aliphatic rings. The van der Waals surface area contributed by atoms with Gasteiger partial charge >= 0.3 is 5.97 Å². The maximum atomic E-state index is 13.2. The lowest BCUT2D eigenvalue weighted by Gasteiger charge is -2.24. The van der Waals surface area contributed by atoms with E-state index in [1.165, 1.54) is 199 Å². The summed E-state index contributed by atoms with van der Waals surface area (Å²) in [4.78, 5) is 26.2. The summed E-state index contributed by atoms with van der Waals surface area (Å²) >= 11 is 0. The number of nitrogens with one attached hydrogen (secondary N) is 1. The number of rotatable bonds is 51. The van der Waals surface area contributed by atoms with Crippen molar-refractivity contribution < 1.29 is 24.5 Å². The number of carbonyl (C=O) groups excluding carboxylic acids is 2. The van der Waals surface area contributed by atoms with Crippen LogP contribution in [-0.4, -0.2) is 46.9 Å². The number of aliphatic hydroxyl groups is 2. The first-order chi connectivity index (χ1) is 31.0. The zero-order valence-electron chi connectivity index (χ0n) is 42.5. The third-order valence-electron chi connectivity index (χ3n) is 13.1. The van der Waals surface area contributed by atoms with Gasteiger partial charge in [-0.15, -0.1) is 0 Å². The monoisotopic (exact) mass is 888 g/mol. The van der Waals surface area contributed by atoms with Crippen LogP contribution in [0.2, 0.25) is 0 Å². The van der Waals surface area contributed by atoms with Crippen molar-refractivity contribution in [3.8, 4) is 0 Å². The van der Waals surface area contributed by atoms with Crippen molar-refractivity contribution in [2.75, 3.05) is 6.61 Å². The molecule has 63 heavy (non-hydrogen) atoms. The van der Waals surface area contributed by atoms with Gasteiger partial charge in [-0.3, -0.25) is 9.59 Å². The molecule has 6 heteroatoms. The zero-order valence-corrected chi connectivity index (χ0v) is 42.5. The number of hydrogen-bond acceptors (Lipinski definition) is 5. The summed E-state index contributed by atoms with van der Waals surface area (Å²) < 4.78 is 5.93. The van der Waals surface area contributed by atoms with Crippen molar-refractivity contribution in [3.05, 3.63) is 24.3 Å². The minimum absolute atomic E-state index is 0.0503. The Bertz CT molecular complexity index is 997. The van der Waals surface area contributed by atoms with Crippen LogP contribution >= 0.6 is 0 Å². The van der Waals surface area contributed by atoms with Crippen LogP contribution in [-0.2, 0) is 14.3 Å². The van der Waals surface area contributed by atoms with Gasteiger partial charge in [-0.2, -0.15) is 0 Å². The average Bonchev–Trinajstić information content (AvgIpc) is 3.28. The van der Waals surface area contributed by atoms with E-state index in [2.05, 4.69) is 50.4 Å². The van der Waals surface area contributed by atoms with Gasteiger partial charge in [-0.05, 0) is 44.9 Å². The second-order valence-corrected chi connectivity index (χ2v) is 19.4. The Morgan fingerprint density at radius 3 is 1.21 bits per heavy atom. The van der Waals surface area contributed by atoms with Crippen LogP contribution in [0.1, 0.15) is 303 Å². The van der Waals surface area contributed by atoms with E-state index in [1.807, 2.05) is 0 Å². The Morgan fingerprint density at radius 2 is 0.810 bits per heavy atom. The Kier molecular flexibility index (Phi) is 50.0. The first-order valence-corrected chi connectivity index (χ1v) is 28.1. The lowest BCUT2D eigenvalue weighted by molar-refractivity contribution is -0.151. The van der Waals surface area contributed by atoms with E-state index in [4.69, 9.17) is 4.74 Å². The molecule has 0 aromatic heterocycles. The molecule has 0 saturated carbocycles. The van der Waals surface area contributed by atoms with Crippen LogP contribution in [0.3, 0.4) is 0 Å². The fourth-order valence-corrected chi connectivity index (χ4v) is 8.78. The first-order valence-electron chi connectivity index (χ1n) is 28.1. The minimum Gasteiger partial charge on any atom is -0.462 e. The van der Waals surface area contributed by atoms with Crippen LogP contribution in [0.25, 0.3) is 0 Å². The predicted octanol–water partition coefficient (Wildman–Crippen LogP) is 17.1. The molecule has 0 aromatic carbocycles. The molecule has 1 amide bonds. The van der Waals surface area contributed by atoms with Gasteiger partial charge in [0.25, 0.3) is 0 Å². The SMILES string of the molecule is CCCCCCCCC/C=C/C=C/CCCC(CC(=O)NC(CO)C(O)CCCCCCCCCCCCCC)OC(=O)CCCCCCCCCCCCCCCCCCCC. The number of unbranched alkanes of at least 4 members (excludes halogenated alkanes) is 36. The number of allylic oxidation sites excluding steroid dienone is 4. The summed E-state index contributed by atoms with van der Waals surface area (Å²) in [5.41, 5.74) is 0. The normalized spacial score (nSPS) is 13.3. The van der Waals surface area contributed by atoms with E-state index >= 15 is 0 Å².